The van der Waals surface area contributed by atoms with E-state index in [4.69, 9.17) is 0 Å². The van der Waals surface area contributed by atoms with Gasteiger partial charge in [0.15, 0.2) is 0 Å². The summed E-state index contributed by atoms with van der Waals surface area (Å²) in [6.07, 6.45) is 5.47. The number of anilines is 1. The Morgan fingerprint density at radius 1 is 1.24 bits per heavy atom. The first-order chi connectivity index (χ1) is 8.29. The summed E-state index contributed by atoms with van der Waals surface area (Å²) in [7, 11) is 0. The van der Waals surface area contributed by atoms with Crippen LogP contribution in [0.3, 0.4) is 0 Å². The van der Waals surface area contributed by atoms with Gasteiger partial charge in [0, 0.05) is 25.5 Å². The first kappa shape index (κ1) is 13.9. The third kappa shape index (κ3) is 3.95. The average Bonchev–Trinajstić information content (AvgIpc) is 2.42. The fourth-order valence-electron chi connectivity index (χ4n) is 1.84. The van der Waals surface area contributed by atoms with Crippen LogP contribution in [0.4, 0.5) is 10.3 Å². The molecule has 0 spiro atoms. The van der Waals surface area contributed by atoms with Gasteiger partial charge in [-0.25, -0.2) is 9.97 Å². The molecule has 0 N–H and O–H groups in total. The Bertz CT molecular complexity index is 305. The molecule has 0 atom stereocenters. The van der Waals surface area contributed by atoms with E-state index in [1.54, 1.807) is 0 Å². The predicted octanol–water partition coefficient (Wildman–Crippen LogP) is 3.00. The number of aryl methyl sites for hydroxylation is 1. The minimum absolute atomic E-state index is 0.192. The van der Waals surface area contributed by atoms with Crippen molar-refractivity contribution in [2.24, 2.45) is 5.92 Å². The second kappa shape index (κ2) is 7.20. The Morgan fingerprint density at radius 3 is 2.24 bits per heavy atom. The van der Waals surface area contributed by atoms with Crippen LogP contribution in [0.25, 0.3) is 0 Å². The number of piperidine rings is 1. The zero-order valence-electron chi connectivity index (χ0n) is 11.0. The molecule has 1 aliphatic heterocycles. The number of aromatic nitrogens is 2. The lowest BCUT2D eigenvalue weighted by Crippen LogP contribution is -2.35. The van der Waals surface area contributed by atoms with E-state index >= 15 is 0 Å². The molecule has 1 aromatic rings. The molecule has 4 heteroatoms. The minimum atomic E-state index is -0.192. The highest BCUT2D eigenvalue weighted by Crippen LogP contribution is 2.20. The molecule has 1 aliphatic rings. The molecule has 1 fully saturated rings. The zero-order valence-corrected chi connectivity index (χ0v) is 11.0. The molecular formula is C13H22FN3. The van der Waals surface area contributed by atoms with Gasteiger partial charge in [-0.05, 0) is 31.2 Å². The number of halogens is 1. The highest BCUT2D eigenvalue weighted by molar-refractivity contribution is 5.30. The van der Waals surface area contributed by atoms with Gasteiger partial charge >= 0.3 is 0 Å². The maximum Gasteiger partial charge on any atom is 0.225 e. The molecular weight excluding hydrogens is 217 g/mol. The molecule has 2 rings (SSSR count). The van der Waals surface area contributed by atoms with Crippen LogP contribution in [0.15, 0.2) is 12.4 Å². The van der Waals surface area contributed by atoms with Crippen LogP contribution < -0.4 is 4.90 Å². The van der Waals surface area contributed by atoms with Gasteiger partial charge in [0.2, 0.25) is 5.95 Å². The largest absolute Gasteiger partial charge is 0.341 e. The molecule has 0 bridgehead atoms. The number of nitrogens with zero attached hydrogens (tertiary/aromatic N) is 3. The van der Waals surface area contributed by atoms with E-state index in [0.29, 0.717) is 0 Å². The maximum atomic E-state index is 12.4. The van der Waals surface area contributed by atoms with Crippen LogP contribution in [-0.2, 0) is 0 Å². The lowest BCUT2D eigenvalue weighted by molar-refractivity contribution is 0.306. The summed E-state index contributed by atoms with van der Waals surface area (Å²) < 4.78 is 12.4. The summed E-state index contributed by atoms with van der Waals surface area (Å²) in [5, 5.41) is 0. The predicted molar refractivity (Wildman–Crippen MR) is 69.0 cm³/mol. The van der Waals surface area contributed by atoms with Crippen molar-refractivity contribution in [2.75, 3.05) is 24.7 Å². The van der Waals surface area contributed by atoms with Gasteiger partial charge < -0.3 is 4.90 Å². The lowest BCUT2D eigenvalue weighted by atomic mass is 9.99. The lowest BCUT2D eigenvalue weighted by Gasteiger charge is -2.30. The van der Waals surface area contributed by atoms with E-state index in [9.17, 15) is 4.39 Å². The molecule has 0 amide bonds. The second-order valence-corrected chi connectivity index (χ2v) is 4.15. The SMILES string of the molecule is CC.Cc1cnc(N2CCC(CF)CC2)nc1. The smallest absolute Gasteiger partial charge is 0.225 e. The molecule has 3 nitrogen and oxygen atoms in total. The van der Waals surface area contributed by atoms with E-state index in [2.05, 4.69) is 14.9 Å². The first-order valence-corrected chi connectivity index (χ1v) is 6.39. The van der Waals surface area contributed by atoms with E-state index in [1.807, 2.05) is 33.2 Å². The number of alkyl halides is 1. The van der Waals surface area contributed by atoms with Crippen molar-refractivity contribution in [3.05, 3.63) is 18.0 Å². The zero-order chi connectivity index (χ0) is 12.7. The third-order valence-corrected chi connectivity index (χ3v) is 2.88. The normalized spacial score (nSPS) is 16.4. The number of rotatable bonds is 2. The van der Waals surface area contributed by atoms with Gasteiger partial charge in [-0.15, -0.1) is 0 Å². The van der Waals surface area contributed by atoms with Crippen LogP contribution in [0.2, 0.25) is 0 Å². The fourth-order valence-corrected chi connectivity index (χ4v) is 1.84. The van der Waals surface area contributed by atoms with Crippen molar-refractivity contribution in [1.29, 1.82) is 0 Å². The third-order valence-electron chi connectivity index (χ3n) is 2.88. The Hall–Kier alpha value is -1.19. The summed E-state index contributed by atoms with van der Waals surface area (Å²) >= 11 is 0. The van der Waals surface area contributed by atoms with E-state index in [1.165, 1.54) is 0 Å². The molecule has 2 heterocycles. The van der Waals surface area contributed by atoms with Gasteiger partial charge in [-0.3, -0.25) is 4.39 Å². The summed E-state index contributed by atoms with van der Waals surface area (Å²) in [6.45, 7) is 7.52. The Labute approximate surface area is 103 Å². The molecule has 0 aromatic carbocycles. The molecule has 0 unspecified atom stereocenters. The standard InChI is InChI=1S/C11H16FN3.C2H6/c1-9-7-13-11(14-8-9)15-4-2-10(6-12)3-5-15;1-2/h7-8,10H,2-6H2,1H3;1-2H3. The van der Waals surface area contributed by atoms with Gasteiger partial charge in [0.1, 0.15) is 0 Å². The van der Waals surface area contributed by atoms with Gasteiger partial charge in [0.05, 0.1) is 6.67 Å². The monoisotopic (exact) mass is 239 g/mol. The fraction of sp³-hybridized carbons (Fsp3) is 0.692. The summed E-state index contributed by atoms with van der Waals surface area (Å²) in [5.74, 6) is 1.02. The van der Waals surface area contributed by atoms with Crippen LogP contribution in [-0.4, -0.2) is 29.7 Å². The Balaban J connectivity index is 0.000000686. The summed E-state index contributed by atoms with van der Waals surface area (Å²) in [5.41, 5.74) is 1.07. The van der Waals surface area contributed by atoms with Crippen molar-refractivity contribution in [1.82, 2.24) is 9.97 Å². The Morgan fingerprint density at radius 2 is 1.76 bits per heavy atom. The van der Waals surface area contributed by atoms with Crippen molar-refractivity contribution >= 4 is 5.95 Å². The molecule has 1 saturated heterocycles. The highest BCUT2D eigenvalue weighted by atomic mass is 19.1. The van der Waals surface area contributed by atoms with E-state index in [-0.39, 0.29) is 12.6 Å². The molecule has 0 radical (unpaired) electrons. The van der Waals surface area contributed by atoms with Crippen LogP contribution in [0, 0.1) is 12.8 Å². The molecule has 96 valence electrons. The van der Waals surface area contributed by atoms with E-state index < -0.39 is 0 Å². The summed E-state index contributed by atoms with van der Waals surface area (Å²) in [4.78, 5) is 10.7. The quantitative estimate of drug-likeness (QED) is 0.794. The van der Waals surface area contributed by atoms with Crippen LogP contribution in [0.5, 0.6) is 0 Å². The van der Waals surface area contributed by atoms with E-state index in [0.717, 1.165) is 37.4 Å². The second-order valence-electron chi connectivity index (χ2n) is 4.15. The van der Waals surface area contributed by atoms with Crippen LogP contribution >= 0.6 is 0 Å². The topological polar surface area (TPSA) is 29.0 Å². The molecule has 0 aliphatic carbocycles. The van der Waals surface area contributed by atoms with Crippen molar-refractivity contribution < 1.29 is 4.39 Å². The highest BCUT2D eigenvalue weighted by Gasteiger charge is 2.20. The van der Waals surface area contributed by atoms with Gasteiger partial charge in [-0.2, -0.15) is 0 Å². The average molecular weight is 239 g/mol. The summed E-state index contributed by atoms with van der Waals surface area (Å²) in [6, 6.07) is 0. The molecule has 17 heavy (non-hydrogen) atoms. The van der Waals surface area contributed by atoms with Crippen molar-refractivity contribution in [3.8, 4) is 0 Å². The minimum Gasteiger partial charge on any atom is -0.341 e. The first-order valence-electron chi connectivity index (χ1n) is 6.39. The van der Waals surface area contributed by atoms with Crippen molar-refractivity contribution in [3.63, 3.8) is 0 Å². The maximum absolute atomic E-state index is 12.4. The number of hydrogen-bond acceptors (Lipinski definition) is 3. The van der Waals surface area contributed by atoms with Crippen molar-refractivity contribution in [2.45, 2.75) is 33.6 Å². The Kier molecular flexibility index (Phi) is 5.87. The van der Waals surface area contributed by atoms with Gasteiger partial charge in [-0.1, -0.05) is 13.8 Å². The molecule has 0 saturated carbocycles. The van der Waals surface area contributed by atoms with Gasteiger partial charge in [0.25, 0.3) is 0 Å². The molecule has 1 aromatic heterocycles. The van der Waals surface area contributed by atoms with Crippen LogP contribution in [0.1, 0.15) is 32.3 Å². The number of hydrogen-bond donors (Lipinski definition) is 0.